The lowest BCUT2D eigenvalue weighted by Crippen LogP contribution is -2.57. The monoisotopic (exact) mass is 537 g/mol. The van der Waals surface area contributed by atoms with E-state index in [9.17, 15) is 8.42 Å². The number of nitrogens with zero attached hydrogens (tertiary/aromatic N) is 2. The van der Waals surface area contributed by atoms with Gasteiger partial charge >= 0.3 is 0 Å². The van der Waals surface area contributed by atoms with Gasteiger partial charge in [-0.05, 0) is 39.8 Å². The van der Waals surface area contributed by atoms with Crippen molar-refractivity contribution in [3.63, 3.8) is 0 Å². The van der Waals surface area contributed by atoms with Crippen LogP contribution in [0.25, 0.3) is 0 Å². The van der Waals surface area contributed by atoms with Gasteiger partial charge in [0.05, 0.1) is 24.2 Å². The van der Waals surface area contributed by atoms with Gasteiger partial charge in [0.25, 0.3) is 0 Å². The van der Waals surface area contributed by atoms with Crippen LogP contribution in [0.2, 0.25) is 0 Å². The molecule has 9 heteroatoms. The molecule has 0 amide bonds. The molecule has 2 heterocycles. The van der Waals surface area contributed by atoms with E-state index in [1.54, 1.807) is 21.0 Å². The third kappa shape index (κ3) is 5.10. The van der Waals surface area contributed by atoms with Crippen LogP contribution in [0.1, 0.15) is 38.8 Å². The first-order chi connectivity index (χ1) is 13.2. The zero-order valence-electron chi connectivity index (χ0n) is 17.8. The molecule has 29 heavy (non-hydrogen) atoms. The quantitative estimate of drug-likeness (QED) is 0.362. The highest BCUT2D eigenvalue weighted by atomic mass is 127. The Morgan fingerprint density at radius 1 is 1.41 bits per heavy atom. The Labute approximate surface area is 191 Å². The Kier molecular flexibility index (Phi) is 7.69. The number of halogens is 1. The molecule has 1 fully saturated rings. The van der Waals surface area contributed by atoms with Crippen LogP contribution in [0.4, 0.5) is 0 Å². The highest BCUT2D eigenvalue weighted by Crippen LogP contribution is 2.35. The molecule has 0 bridgehead atoms. The summed E-state index contributed by atoms with van der Waals surface area (Å²) in [5, 5.41) is 3.29. The molecular weight excluding hydrogens is 505 g/mol. The number of rotatable bonds is 4. The highest BCUT2D eigenvalue weighted by molar-refractivity contribution is 14.0. The Hall–Kier alpha value is -1.23. The van der Waals surface area contributed by atoms with Crippen molar-refractivity contribution in [2.75, 3.05) is 32.5 Å². The summed E-state index contributed by atoms with van der Waals surface area (Å²) in [4.78, 5) is 6.81. The summed E-state index contributed by atoms with van der Waals surface area (Å²) in [6, 6.07) is 4.04. The van der Waals surface area contributed by atoms with Gasteiger partial charge in [-0.1, -0.05) is 0 Å². The number of benzene rings is 1. The fourth-order valence-electron chi connectivity index (χ4n) is 3.71. The second-order valence-electron chi connectivity index (χ2n) is 8.07. The predicted octanol–water partition coefficient (Wildman–Crippen LogP) is 2.61. The minimum absolute atomic E-state index is 0. The van der Waals surface area contributed by atoms with E-state index in [-0.39, 0.29) is 35.8 Å². The number of sulfone groups is 1. The number of nitrogens with one attached hydrogen (secondary N) is 1. The predicted molar refractivity (Wildman–Crippen MR) is 126 cm³/mol. The van der Waals surface area contributed by atoms with E-state index in [1.807, 2.05) is 24.0 Å². The minimum atomic E-state index is -3.09. The van der Waals surface area contributed by atoms with E-state index in [1.165, 1.54) is 0 Å². The van der Waals surface area contributed by atoms with Crippen LogP contribution < -0.4 is 14.8 Å². The number of ether oxygens (including phenoxy) is 2. The number of hydrogen-bond acceptors (Lipinski definition) is 5. The number of methoxy groups -OCH3 is 1. The second kappa shape index (κ2) is 9.28. The standard InChI is InChI=1S/C20H31N3O4S.HI/c1-6-21-19(23-7-8-28(24,25)20(3,4)13-23)22-12-16-11-18-15(9-14(2)27-18)10-17(16)26-5;/h10-11,14H,6-9,12-13H2,1-5H3,(H,21,22);1H. The lowest BCUT2D eigenvalue weighted by Gasteiger charge is -2.39. The molecule has 1 unspecified atom stereocenters. The fourth-order valence-corrected chi connectivity index (χ4v) is 5.07. The number of fused-ring (bicyclic) bond motifs is 1. The Bertz CT molecular complexity index is 871. The molecule has 3 rings (SSSR count). The summed E-state index contributed by atoms with van der Waals surface area (Å²) in [7, 11) is -1.43. The van der Waals surface area contributed by atoms with Gasteiger partial charge in [0, 0.05) is 37.2 Å². The van der Waals surface area contributed by atoms with Gasteiger partial charge in [-0.15, -0.1) is 24.0 Å². The first kappa shape index (κ1) is 24.0. The molecule has 2 aliphatic rings. The third-order valence-electron chi connectivity index (χ3n) is 5.38. The van der Waals surface area contributed by atoms with E-state index >= 15 is 0 Å². The summed E-state index contributed by atoms with van der Waals surface area (Å²) in [6.45, 7) is 9.62. The SMILES string of the molecule is CCNC(=NCc1cc2c(cc1OC)CC(C)O2)N1CCS(=O)(=O)C(C)(C)C1.I. The van der Waals surface area contributed by atoms with Crippen LogP contribution in [-0.4, -0.2) is 62.6 Å². The maximum absolute atomic E-state index is 12.3. The molecule has 0 aromatic heterocycles. The maximum Gasteiger partial charge on any atom is 0.194 e. The van der Waals surface area contributed by atoms with Crippen molar-refractivity contribution in [3.05, 3.63) is 23.3 Å². The van der Waals surface area contributed by atoms with Crippen LogP contribution in [0, 0.1) is 0 Å². The topological polar surface area (TPSA) is 80.2 Å². The van der Waals surface area contributed by atoms with E-state index in [2.05, 4.69) is 12.2 Å². The molecule has 1 aromatic carbocycles. The van der Waals surface area contributed by atoms with Crippen LogP contribution in [-0.2, 0) is 22.8 Å². The molecule has 1 N–H and O–H groups in total. The van der Waals surface area contributed by atoms with Crippen molar-refractivity contribution in [1.82, 2.24) is 10.2 Å². The summed E-state index contributed by atoms with van der Waals surface area (Å²) >= 11 is 0. The smallest absolute Gasteiger partial charge is 0.194 e. The number of hydrogen-bond donors (Lipinski definition) is 1. The summed E-state index contributed by atoms with van der Waals surface area (Å²) in [5.41, 5.74) is 2.11. The number of aliphatic imine (C=N–C) groups is 1. The first-order valence-corrected chi connectivity index (χ1v) is 11.4. The molecule has 0 spiro atoms. The van der Waals surface area contributed by atoms with E-state index in [0.717, 1.165) is 35.0 Å². The lowest BCUT2D eigenvalue weighted by atomic mass is 10.1. The van der Waals surface area contributed by atoms with Gasteiger partial charge in [-0.25, -0.2) is 13.4 Å². The summed E-state index contributed by atoms with van der Waals surface area (Å²) in [6.07, 6.45) is 1.06. The zero-order chi connectivity index (χ0) is 20.5. The molecule has 0 radical (unpaired) electrons. The Balaban J connectivity index is 0.00000300. The van der Waals surface area contributed by atoms with Crippen molar-refractivity contribution >= 4 is 39.8 Å². The van der Waals surface area contributed by atoms with Crippen LogP contribution in [0.15, 0.2) is 17.1 Å². The highest BCUT2D eigenvalue weighted by Gasteiger charge is 2.41. The van der Waals surface area contributed by atoms with E-state index < -0.39 is 14.6 Å². The van der Waals surface area contributed by atoms with Gasteiger partial charge in [-0.2, -0.15) is 0 Å². The van der Waals surface area contributed by atoms with Crippen LogP contribution in [0.3, 0.4) is 0 Å². The minimum Gasteiger partial charge on any atom is -0.496 e. The maximum atomic E-state index is 12.3. The average Bonchev–Trinajstić information content (AvgIpc) is 2.99. The normalized spacial score (nSPS) is 22.3. The van der Waals surface area contributed by atoms with Gasteiger partial charge in [0.2, 0.25) is 0 Å². The van der Waals surface area contributed by atoms with Crippen molar-refractivity contribution < 1.29 is 17.9 Å². The van der Waals surface area contributed by atoms with Crippen molar-refractivity contribution in [2.24, 2.45) is 4.99 Å². The van der Waals surface area contributed by atoms with Gasteiger partial charge in [-0.3, -0.25) is 0 Å². The van der Waals surface area contributed by atoms with Crippen molar-refractivity contribution in [2.45, 2.75) is 51.5 Å². The summed E-state index contributed by atoms with van der Waals surface area (Å²) in [5.74, 6) is 2.56. The largest absolute Gasteiger partial charge is 0.496 e. The lowest BCUT2D eigenvalue weighted by molar-refractivity contribution is 0.254. The third-order valence-corrected chi connectivity index (χ3v) is 7.91. The molecule has 1 saturated heterocycles. The first-order valence-electron chi connectivity index (χ1n) is 9.79. The molecular formula is C20H32IN3O4S. The Morgan fingerprint density at radius 3 is 2.76 bits per heavy atom. The summed E-state index contributed by atoms with van der Waals surface area (Å²) < 4.78 is 35.3. The molecule has 7 nitrogen and oxygen atoms in total. The molecule has 2 aliphatic heterocycles. The van der Waals surface area contributed by atoms with Gasteiger partial charge in [0.15, 0.2) is 15.8 Å². The molecule has 1 aromatic rings. The van der Waals surface area contributed by atoms with Crippen molar-refractivity contribution in [1.29, 1.82) is 0 Å². The Morgan fingerprint density at radius 2 is 2.14 bits per heavy atom. The zero-order valence-corrected chi connectivity index (χ0v) is 21.0. The molecule has 1 atom stereocenters. The van der Waals surface area contributed by atoms with Crippen LogP contribution in [0.5, 0.6) is 11.5 Å². The van der Waals surface area contributed by atoms with Gasteiger partial charge in [0.1, 0.15) is 17.6 Å². The van der Waals surface area contributed by atoms with Crippen molar-refractivity contribution in [3.8, 4) is 11.5 Å². The van der Waals surface area contributed by atoms with E-state index in [0.29, 0.717) is 26.2 Å². The van der Waals surface area contributed by atoms with Crippen LogP contribution >= 0.6 is 24.0 Å². The van der Waals surface area contributed by atoms with Gasteiger partial charge < -0.3 is 19.7 Å². The molecule has 0 aliphatic carbocycles. The second-order valence-corrected chi connectivity index (χ2v) is 10.8. The molecule has 0 saturated carbocycles. The molecule has 164 valence electrons. The fraction of sp³-hybridized carbons (Fsp3) is 0.650. The average molecular weight is 537 g/mol. The van der Waals surface area contributed by atoms with E-state index in [4.69, 9.17) is 14.5 Å². The number of guanidine groups is 1.